The maximum absolute atomic E-state index is 5.63. The summed E-state index contributed by atoms with van der Waals surface area (Å²) in [7, 11) is 0. The van der Waals surface area contributed by atoms with Gasteiger partial charge < -0.3 is 10.1 Å². The van der Waals surface area contributed by atoms with Gasteiger partial charge in [-0.1, -0.05) is 20.8 Å². The van der Waals surface area contributed by atoms with Gasteiger partial charge in [-0.3, -0.25) is 4.68 Å². The minimum absolute atomic E-state index is 0.592. The fraction of sp³-hybridized carbons (Fsp3) is 0.800. The van der Waals surface area contributed by atoms with Gasteiger partial charge in [0.15, 0.2) is 0 Å². The number of ether oxygens (including phenoxy) is 1. The maximum atomic E-state index is 5.63. The van der Waals surface area contributed by atoms with Crippen molar-refractivity contribution in [1.82, 2.24) is 15.1 Å². The van der Waals surface area contributed by atoms with Gasteiger partial charge in [0.1, 0.15) is 0 Å². The summed E-state index contributed by atoms with van der Waals surface area (Å²) in [5.41, 5.74) is 3.72. The predicted octanol–water partition coefficient (Wildman–Crippen LogP) is 2.67. The molecule has 0 unspecified atom stereocenters. The summed E-state index contributed by atoms with van der Waals surface area (Å²) >= 11 is 0. The fourth-order valence-corrected chi connectivity index (χ4v) is 2.07. The zero-order valence-corrected chi connectivity index (χ0v) is 13.1. The van der Waals surface area contributed by atoms with Crippen LogP contribution in [0, 0.1) is 19.8 Å². The standard InChI is InChI=1S/C15H29N3O/c1-6-7-16-10-15-13(4)17-18(14(15)5)8-9-19-11-12(2)3/h12,16H,6-11H2,1-5H3. The van der Waals surface area contributed by atoms with E-state index in [-0.39, 0.29) is 0 Å². The maximum Gasteiger partial charge on any atom is 0.0662 e. The van der Waals surface area contributed by atoms with Crippen molar-refractivity contribution in [2.45, 2.75) is 54.1 Å². The van der Waals surface area contributed by atoms with E-state index in [1.807, 2.05) is 0 Å². The Morgan fingerprint density at radius 2 is 2.05 bits per heavy atom. The molecule has 0 saturated heterocycles. The molecule has 4 heteroatoms. The molecule has 0 fully saturated rings. The topological polar surface area (TPSA) is 39.1 Å². The number of hydrogen-bond donors (Lipinski definition) is 1. The molecule has 0 spiro atoms. The third-order valence-corrected chi connectivity index (χ3v) is 3.16. The van der Waals surface area contributed by atoms with Crippen LogP contribution in [-0.2, 0) is 17.8 Å². The van der Waals surface area contributed by atoms with Crippen molar-refractivity contribution in [2.24, 2.45) is 5.92 Å². The molecule has 0 saturated carbocycles. The highest BCUT2D eigenvalue weighted by Gasteiger charge is 2.10. The first-order valence-electron chi connectivity index (χ1n) is 7.37. The lowest BCUT2D eigenvalue weighted by molar-refractivity contribution is 0.100. The molecule has 0 aromatic carbocycles. The molecular formula is C15H29N3O. The third-order valence-electron chi connectivity index (χ3n) is 3.16. The number of rotatable bonds is 9. The van der Waals surface area contributed by atoms with E-state index in [2.05, 4.69) is 49.7 Å². The van der Waals surface area contributed by atoms with Crippen LogP contribution in [0.15, 0.2) is 0 Å². The van der Waals surface area contributed by atoms with Gasteiger partial charge in [0.2, 0.25) is 0 Å². The minimum Gasteiger partial charge on any atom is -0.379 e. The number of aromatic nitrogens is 2. The normalized spacial score (nSPS) is 11.5. The van der Waals surface area contributed by atoms with E-state index in [0.29, 0.717) is 5.92 Å². The van der Waals surface area contributed by atoms with Crippen LogP contribution < -0.4 is 5.32 Å². The van der Waals surface area contributed by atoms with Crippen LogP contribution in [0.1, 0.15) is 44.1 Å². The molecule has 1 heterocycles. The second-order valence-electron chi connectivity index (χ2n) is 5.52. The summed E-state index contributed by atoms with van der Waals surface area (Å²) in [5.74, 6) is 0.592. The zero-order chi connectivity index (χ0) is 14.3. The Bertz CT molecular complexity index is 372. The number of nitrogens with one attached hydrogen (secondary N) is 1. The van der Waals surface area contributed by atoms with Crippen LogP contribution in [0.25, 0.3) is 0 Å². The fourth-order valence-electron chi connectivity index (χ4n) is 2.07. The molecule has 1 aromatic heterocycles. The first-order valence-corrected chi connectivity index (χ1v) is 7.37. The average Bonchev–Trinajstić information content (AvgIpc) is 2.62. The van der Waals surface area contributed by atoms with E-state index >= 15 is 0 Å². The third kappa shape index (κ3) is 5.33. The lowest BCUT2D eigenvalue weighted by Crippen LogP contribution is -2.15. The van der Waals surface area contributed by atoms with E-state index in [9.17, 15) is 0 Å². The Balaban J connectivity index is 2.48. The lowest BCUT2D eigenvalue weighted by atomic mass is 10.2. The van der Waals surface area contributed by atoms with Crippen molar-refractivity contribution < 1.29 is 4.74 Å². The van der Waals surface area contributed by atoms with E-state index < -0.39 is 0 Å². The highest BCUT2D eigenvalue weighted by Crippen LogP contribution is 2.12. The Hall–Kier alpha value is -0.870. The van der Waals surface area contributed by atoms with Crippen LogP contribution in [0.5, 0.6) is 0 Å². The van der Waals surface area contributed by atoms with Crippen molar-refractivity contribution in [3.63, 3.8) is 0 Å². The molecule has 0 radical (unpaired) electrons. The molecule has 0 atom stereocenters. The largest absolute Gasteiger partial charge is 0.379 e. The summed E-state index contributed by atoms with van der Waals surface area (Å²) in [4.78, 5) is 0. The molecule has 110 valence electrons. The zero-order valence-electron chi connectivity index (χ0n) is 13.1. The van der Waals surface area contributed by atoms with Crippen molar-refractivity contribution in [1.29, 1.82) is 0 Å². The predicted molar refractivity (Wildman–Crippen MR) is 79.4 cm³/mol. The quantitative estimate of drug-likeness (QED) is 0.699. The van der Waals surface area contributed by atoms with E-state index in [4.69, 9.17) is 4.74 Å². The van der Waals surface area contributed by atoms with Gasteiger partial charge in [-0.05, 0) is 32.7 Å². The molecule has 0 aliphatic heterocycles. The second-order valence-corrected chi connectivity index (χ2v) is 5.52. The van der Waals surface area contributed by atoms with Crippen molar-refractivity contribution in [2.75, 3.05) is 19.8 Å². The molecule has 19 heavy (non-hydrogen) atoms. The Morgan fingerprint density at radius 3 is 2.68 bits per heavy atom. The van der Waals surface area contributed by atoms with Gasteiger partial charge in [0.05, 0.1) is 18.8 Å². The van der Waals surface area contributed by atoms with E-state index in [0.717, 1.165) is 45.0 Å². The first kappa shape index (κ1) is 16.2. The number of aryl methyl sites for hydroxylation is 1. The van der Waals surface area contributed by atoms with E-state index in [1.165, 1.54) is 11.3 Å². The monoisotopic (exact) mass is 267 g/mol. The van der Waals surface area contributed by atoms with Crippen LogP contribution in [0.2, 0.25) is 0 Å². The van der Waals surface area contributed by atoms with Gasteiger partial charge in [-0.15, -0.1) is 0 Å². The SMILES string of the molecule is CCCNCc1c(C)nn(CCOCC(C)C)c1C. The van der Waals surface area contributed by atoms with Gasteiger partial charge in [0, 0.05) is 24.4 Å². The van der Waals surface area contributed by atoms with Crippen LogP contribution in [-0.4, -0.2) is 29.5 Å². The van der Waals surface area contributed by atoms with Crippen molar-refractivity contribution >= 4 is 0 Å². The summed E-state index contributed by atoms with van der Waals surface area (Å²) in [6.07, 6.45) is 1.16. The Morgan fingerprint density at radius 1 is 1.32 bits per heavy atom. The smallest absolute Gasteiger partial charge is 0.0662 e. The highest BCUT2D eigenvalue weighted by atomic mass is 16.5. The summed E-state index contributed by atoms with van der Waals surface area (Å²) in [6, 6.07) is 0. The van der Waals surface area contributed by atoms with Crippen LogP contribution in [0.3, 0.4) is 0 Å². The molecule has 1 N–H and O–H groups in total. The molecule has 0 bridgehead atoms. The molecular weight excluding hydrogens is 238 g/mol. The molecule has 4 nitrogen and oxygen atoms in total. The van der Waals surface area contributed by atoms with Gasteiger partial charge in [0.25, 0.3) is 0 Å². The van der Waals surface area contributed by atoms with Crippen LogP contribution in [0.4, 0.5) is 0 Å². The van der Waals surface area contributed by atoms with Crippen molar-refractivity contribution in [3.05, 3.63) is 17.0 Å². The van der Waals surface area contributed by atoms with E-state index in [1.54, 1.807) is 0 Å². The van der Waals surface area contributed by atoms with Crippen molar-refractivity contribution in [3.8, 4) is 0 Å². The lowest BCUT2D eigenvalue weighted by Gasteiger charge is -2.08. The van der Waals surface area contributed by atoms with Gasteiger partial charge in [-0.25, -0.2) is 0 Å². The molecule has 0 amide bonds. The van der Waals surface area contributed by atoms with Gasteiger partial charge in [-0.2, -0.15) is 5.10 Å². The molecule has 0 aliphatic rings. The second kappa shape index (κ2) is 8.33. The van der Waals surface area contributed by atoms with Crippen LogP contribution >= 0.6 is 0 Å². The number of nitrogens with zero attached hydrogens (tertiary/aromatic N) is 2. The molecule has 1 rings (SSSR count). The average molecular weight is 267 g/mol. The summed E-state index contributed by atoms with van der Waals surface area (Å²) in [6.45, 7) is 15.1. The minimum atomic E-state index is 0.592. The Kier molecular flexibility index (Phi) is 7.10. The molecule has 1 aromatic rings. The summed E-state index contributed by atoms with van der Waals surface area (Å²) < 4.78 is 7.69. The highest BCUT2D eigenvalue weighted by molar-refractivity contribution is 5.24. The first-order chi connectivity index (χ1) is 9.06. The number of hydrogen-bond acceptors (Lipinski definition) is 3. The Labute approximate surface area is 117 Å². The summed E-state index contributed by atoms with van der Waals surface area (Å²) in [5, 5.41) is 8.05. The molecule has 0 aliphatic carbocycles. The van der Waals surface area contributed by atoms with Gasteiger partial charge >= 0.3 is 0 Å².